The number of morpholine rings is 1. The van der Waals surface area contributed by atoms with Crippen LogP contribution in [0.2, 0.25) is 0 Å². The van der Waals surface area contributed by atoms with E-state index in [4.69, 9.17) is 9.47 Å². The number of fused-ring (bicyclic) bond motifs is 1. The summed E-state index contributed by atoms with van der Waals surface area (Å²) < 4.78 is 25.3. The van der Waals surface area contributed by atoms with E-state index in [-0.39, 0.29) is 17.6 Å². The first-order valence-corrected chi connectivity index (χ1v) is 10.3. The standard InChI is InChI=1S/C23H27FN2O3/c1-2-21(29-22-10-6-4-8-19(22)24)23(27)26-16-17(15-25-11-13-28-14-12-25)18-7-3-5-9-20(18)26/h3-10,17,21H,2,11-16H2,1H3/t17-,21-/m0/s1. The molecule has 0 N–H and O–H groups in total. The van der Waals surface area contributed by atoms with Gasteiger partial charge in [0.1, 0.15) is 0 Å². The Labute approximate surface area is 171 Å². The van der Waals surface area contributed by atoms with Gasteiger partial charge in [0, 0.05) is 37.8 Å². The Balaban J connectivity index is 1.52. The average molecular weight is 398 g/mol. The Hall–Kier alpha value is -2.44. The summed E-state index contributed by atoms with van der Waals surface area (Å²) in [6.45, 7) is 6.75. The number of carbonyl (C=O) groups excluding carboxylic acids is 1. The van der Waals surface area contributed by atoms with Crippen LogP contribution in [0.4, 0.5) is 10.1 Å². The van der Waals surface area contributed by atoms with Crippen molar-refractivity contribution in [2.24, 2.45) is 0 Å². The summed E-state index contributed by atoms with van der Waals surface area (Å²) >= 11 is 0. The Morgan fingerprint density at radius 2 is 1.90 bits per heavy atom. The van der Waals surface area contributed by atoms with Gasteiger partial charge in [-0.3, -0.25) is 9.69 Å². The van der Waals surface area contributed by atoms with Crippen molar-refractivity contribution in [3.63, 3.8) is 0 Å². The molecule has 4 rings (SSSR count). The van der Waals surface area contributed by atoms with Crippen LogP contribution in [0.15, 0.2) is 48.5 Å². The zero-order chi connectivity index (χ0) is 20.2. The van der Waals surface area contributed by atoms with Crippen LogP contribution in [-0.2, 0) is 9.53 Å². The highest BCUT2D eigenvalue weighted by Gasteiger charge is 2.36. The van der Waals surface area contributed by atoms with Crippen molar-refractivity contribution in [2.45, 2.75) is 25.4 Å². The minimum absolute atomic E-state index is 0.116. The molecule has 2 atom stereocenters. The molecule has 1 fully saturated rings. The fourth-order valence-corrected chi connectivity index (χ4v) is 4.13. The van der Waals surface area contributed by atoms with E-state index in [9.17, 15) is 9.18 Å². The van der Waals surface area contributed by atoms with E-state index >= 15 is 0 Å². The van der Waals surface area contributed by atoms with Crippen LogP contribution in [0.3, 0.4) is 0 Å². The first-order chi connectivity index (χ1) is 14.2. The molecule has 29 heavy (non-hydrogen) atoms. The van der Waals surface area contributed by atoms with Gasteiger partial charge in [0.25, 0.3) is 5.91 Å². The third kappa shape index (κ3) is 4.28. The second kappa shape index (κ2) is 8.93. The van der Waals surface area contributed by atoms with Gasteiger partial charge in [0.2, 0.25) is 0 Å². The Bertz CT molecular complexity index is 854. The molecule has 1 amide bonds. The molecule has 5 nitrogen and oxygen atoms in total. The number of amides is 1. The normalized spacial score (nSPS) is 20.3. The first kappa shape index (κ1) is 19.9. The van der Waals surface area contributed by atoms with Crippen molar-refractivity contribution in [3.8, 4) is 5.75 Å². The predicted molar refractivity (Wildman–Crippen MR) is 110 cm³/mol. The van der Waals surface area contributed by atoms with Crippen molar-refractivity contribution in [2.75, 3.05) is 44.3 Å². The van der Waals surface area contributed by atoms with Crippen molar-refractivity contribution in [1.29, 1.82) is 0 Å². The minimum Gasteiger partial charge on any atom is -0.478 e. The zero-order valence-corrected chi connectivity index (χ0v) is 16.7. The topological polar surface area (TPSA) is 42.0 Å². The van der Waals surface area contributed by atoms with Crippen molar-refractivity contribution >= 4 is 11.6 Å². The smallest absolute Gasteiger partial charge is 0.268 e. The summed E-state index contributed by atoms with van der Waals surface area (Å²) in [6.07, 6.45) is -0.248. The van der Waals surface area contributed by atoms with Gasteiger partial charge in [-0.2, -0.15) is 0 Å². The molecule has 0 aromatic heterocycles. The zero-order valence-electron chi connectivity index (χ0n) is 16.7. The summed E-state index contributed by atoms with van der Waals surface area (Å²) in [4.78, 5) is 17.5. The summed E-state index contributed by atoms with van der Waals surface area (Å²) in [6, 6.07) is 14.3. The fraction of sp³-hybridized carbons (Fsp3) is 0.435. The maximum atomic E-state index is 14.0. The molecule has 2 aliphatic heterocycles. The summed E-state index contributed by atoms with van der Waals surface area (Å²) in [5.74, 6) is -0.206. The molecule has 0 spiro atoms. The largest absolute Gasteiger partial charge is 0.478 e. The number of hydrogen-bond donors (Lipinski definition) is 0. The van der Waals surface area contributed by atoms with Crippen LogP contribution in [0.1, 0.15) is 24.8 Å². The van der Waals surface area contributed by atoms with Gasteiger partial charge in [-0.05, 0) is 30.2 Å². The highest BCUT2D eigenvalue weighted by Crippen LogP contribution is 2.37. The third-order valence-corrected chi connectivity index (χ3v) is 5.67. The lowest BCUT2D eigenvalue weighted by Gasteiger charge is -2.29. The van der Waals surface area contributed by atoms with Crippen LogP contribution in [-0.4, -0.2) is 56.3 Å². The molecule has 2 heterocycles. The fourth-order valence-electron chi connectivity index (χ4n) is 4.13. The van der Waals surface area contributed by atoms with Gasteiger partial charge in [-0.1, -0.05) is 37.3 Å². The van der Waals surface area contributed by atoms with Crippen LogP contribution in [0.5, 0.6) is 5.75 Å². The molecule has 2 aromatic rings. The van der Waals surface area contributed by atoms with Crippen LogP contribution in [0.25, 0.3) is 0 Å². The Morgan fingerprint density at radius 3 is 2.66 bits per heavy atom. The maximum Gasteiger partial charge on any atom is 0.268 e. The molecular weight excluding hydrogens is 371 g/mol. The summed E-state index contributed by atoms with van der Waals surface area (Å²) in [5.41, 5.74) is 2.12. The van der Waals surface area contributed by atoms with Gasteiger partial charge in [-0.25, -0.2) is 4.39 Å². The molecule has 0 unspecified atom stereocenters. The van der Waals surface area contributed by atoms with Crippen molar-refractivity contribution in [3.05, 3.63) is 59.9 Å². The van der Waals surface area contributed by atoms with E-state index in [0.717, 1.165) is 38.5 Å². The molecule has 0 saturated carbocycles. The highest BCUT2D eigenvalue weighted by atomic mass is 19.1. The second-order valence-corrected chi connectivity index (χ2v) is 7.56. The van der Waals surface area contributed by atoms with Gasteiger partial charge in [0.05, 0.1) is 13.2 Å². The Kier molecular flexibility index (Phi) is 6.11. The summed E-state index contributed by atoms with van der Waals surface area (Å²) in [5, 5.41) is 0. The molecule has 6 heteroatoms. The molecule has 1 saturated heterocycles. The number of benzene rings is 2. The summed E-state index contributed by atoms with van der Waals surface area (Å²) in [7, 11) is 0. The monoisotopic (exact) mass is 398 g/mol. The van der Waals surface area contributed by atoms with Gasteiger partial charge >= 0.3 is 0 Å². The number of hydrogen-bond acceptors (Lipinski definition) is 4. The van der Waals surface area contributed by atoms with Crippen LogP contribution < -0.4 is 9.64 Å². The third-order valence-electron chi connectivity index (χ3n) is 5.67. The van der Waals surface area contributed by atoms with Gasteiger partial charge < -0.3 is 14.4 Å². The number of anilines is 1. The first-order valence-electron chi connectivity index (χ1n) is 10.3. The van der Waals surface area contributed by atoms with Crippen LogP contribution in [0, 0.1) is 5.82 Å². The van der Waals surface area contributed by atoms with Gasteiger partial charge in [0.15, 0.2) is 17.7 Å². The van der Waals surface area contributed by atoms with Crippen molar-refractivity contribution in [1.82, 2.24) is 4.90 Å². The Morgan fingerprint density at radius 1 is 1.17 bits per heavy atom. The van der Waals surface area contributed by atoms with E-state index < -0.39 is 11.9 Å². The molecule has 2 aliphatic rings. The van der Waals surface area contributed by atoms with Gasteiger partial charge in [-0.15, -0.1) is 0 Å². The maximum absolute atomic E-state index is 14.0. The average Bonchev–Trinajstić information content (AvgIpc) is 3.12. The minimum atomic E-state index is -0.720. The molecular formula is C23H27FN2O3. The lowest BCUT2D eigenvalue weighted by atomic mass is 10.0. The highest BCUT2D eigenvalue weighted by molar-refractivity contribution is 5.99. The number of ether oxygens (including phenoxy) is 2. The quantitative estimate of drug-likeness (QED) is 0.748. The SMILES string of the molecule is CC[C@H](Oc1ccccc1F)C(=O)N1C[C@H](CN2CCOCC2)c2ccccc21. The van der Waals surface area contributed by atoms with Crippen molar-refractivity contribution < 1.29 is 18.7 Å². The van der Waals surface area contributed by atoms with Crippen LogP contribution >= 0.6 is 0 Å². The second-order valence-electron chi connectivity index (χ2n) is 7.56. The number of para-hydroxylation sites is 2. The number of nitrogens with zero attached hydrogens (tertiary/aromatic N) is 2. The lowest BCUT2D eigenvalue weighted by Crippen LogP contribution is -2.43. The number of carbonyl (C=O) groups is 1. The number of halogens is 1. The predicted octanol–water partition coefficient (Wildman–Crippen LogP) is 3.45. The van der Waals surface area contributed by atoms with E-state index in [2.05, 4.69) is 11.0 Å². The van der Waals surface area contributed by atoms with E-state index in [1.807, 2.05) is 30.0 Å². The van der Waals surface area contributed by atoms with E-state index in [1.54, 1.807) is 18.2 Å². The molecule has 154 valence electrons. The number of rotatable bonds is 6. The molecule has 2 aromatic carbocycles. The lowest BCUT2D eigenvalue weighted by molar-refractivity contribution is -0.125. The van der Waals surface area contributed by atoms with E-state index in [1.165, 1.54) is 11.6 Å². The van der Waals surface area contributed by atoms with E-state index in [0.29, 0.717) is 13.0 Å². The molecule has 0 aliphatic carbocycles. The molecule has 0 radical (unpaired) electrons. The molecule has 0 bridgehead atoms.